The predicted octanol–water partition coefficient (Wildman–Crippen LogP) is 2.96. The fourth-order valence-electron chi connectivity index (χ4n) is 2.24. The summed E-state index contributed by atoms with van der Waals surface area (Å²) in [6.45, 7) is 0.745. The van der Waals surface area contributed by atoms with Gasteiger partial charge in [-0.05, 0) is 31.6 Å². The largest absolute Gasteiger partial charge is 0.418 e. The summed E-state index contributed by atoms with van der Waals surface area (Å²) in [5.74, 6) is 0. The maximum atomic E-state index is 12.9. The minimum absolute atomic E-state index is 0.260. The summed E-state index contributed by atoms with van der Waals surface area (Å²) in [5, 5.41) is 3.69. The minimum atomic E-state index is -4.31. The number of nitrogens with one attached hydrogen (secondary N) is 1. The van der Waals surface area contributed by atoms with E-state index in [2.05, 4.69) is 5.32 Å². The van der Waals surface area contributed by atoms with Gasteiger partial charge in [-0.15, -0.1) is 0 Å². The molecule has 0 saturated carbocycles. The zero-order chi connectivity index (χ0) is 13.3. The van der Waals surface area contributed by atoms with E-state index in [9.17, 15) is 13.2 Å². The molecule has 0 radical (unpaired) electrons. The number of aromatic nitrogens is 1. The molecule has 5 heteroatoms. The Morgan fingerprint density at radius 1 is 1.28 bits per heavy atom. The van der Waals surface area contributed by atoms with Crippen molar-refractivity contribution >= 4 is 10.9 Å². The number of fused-ring (bicyclic) bond motifs is 1. The van der Waals surface area contributed by atoms with Crippen LogP contribution in [0.4, 0.5) is 13.2 Å². The molecule has 1 aromatic carbocycles. The third kappa shape index (κ3) is 2.22. The maximum Gasteiger partial charge on any atom is 0.418 e. The highest BCUT2D eigenvalue weighted by atomic mass is 19.4. The Labute approximate surface area is 103 Å². The maximum absolute atomic E-state index is 12.9. The van der Waals surface area contributed by atoms with Crippen molar-refractivity contribution in [3.8, 4) is 0 Å². The van der Waals surface area contributed by atoms with Crippen molar-refractivity contribution in [3.05, 3.63) is 35.5 Å². The number of likely N-dealkylation sites (N-methyl/N-ethyl adjacent to an activating group) is 1. The molecule has 0 amide bonds. The molecule has 1 heterocycles. The molecule has 1 N–H and O–H groups in total. The van der Waals surface area contributed by atoms with E-state index in [1.807, 2.05) is 7.05 Å². The van der Waals surface area contributed by atoms with E-state index >= 15 is 0 Å². The molecule has 0 spiro atoms. The summed E-state index contributed by atoms with van der Waals surface area (Å²) < 4.78 is 40.4. The molecular weight excluding hydrogens is 241 g/mol. The van der Waals surface area contributed by atoms with Crippen LogP contribution < -0.4 is 5.32 Å². The number of benzene rings is 1. The molecule has 0 aliphatic carbocycles. The zero-order valence-corrected chi connectivity index (χ0v) is 10.3. The van der Waals surface area contributed by atoms with E-state index in [-0.39, 0.29) is 5.52 Å². The Hall–Kier alpha value is -1.49. The van der Waals surface area contributed by atoms with Gasteiger partial charge in [-0.25, -0.2) is 0 Å². The SMILES string of the molecule is CNCCc1cn(C)c2c(C(F)(F)F)cccc12. The summed E-state index contributed by atoms with van der Waals surface area (Å²) in [6, 6.07) is 4.34. The fourth-order valence-corrected chi connectivity index (χ4v) is 2.24. The highest BCUT2D eigenvalue weighted by Gasteiger charge is 2.33. The summed E-state index contributed by atoms with van der Waals surface area (Å²) in [7, 11) is 3.48. The van der Waals surface area contributed by atoms with Gasteiger partial charge in [-0.2, -0.15) is 13.2 Å². The van der Waals surface area contributed by atoms with Crippen LogP contribution in [0.15, 0.2) is 24.4 Å². The van der Waals surface area contributed by atoms with Crippen molar-refractivity contribution in [3.63, 3.8) is 0 Å². The van der Waals surface area contributed by atoms with Crippen molar-refractivity contribution in [2.24, 2.45) is 7.05 Å². The smallest absolute Gasteiger partial charge is 0.350 e. The van der Waals surface area contributed by atoms with Gasteiger partial charge in [-0.1, -0.05) is 12.1 Å². The molecule has 0 aliphatic heterocycles. The monoisotopic (exact) mass is 256 g/mol. The van der Waals surface area contributed by atoms with Gasteiger partial charge in [0.15, 0.2) is 0 Å². The molecule has 0 unspecified atom stereocenters. The fraction of sp³-hybridized carbons (Fsp3) is 0.385. The molecule has 1 aromatic heterocycles. The molecule has 0 saturated heterocycles. The first kappa shape index (κ1) is 13.0. The van der Waals surface area contributed by atoms with Crippen molar-refractivity contribution in [1.29, 1.82) is 0 Å². The first-order valence-electron chi connectivity index (χ1n) is 5.74. The molecule has 2 nitrogen and oxygen atoms in total. The van der Waals surface area contributed by atoms with Crippen LogP contribution in [0.25, 0.3) is 10.9 Å². The Bertz CT molecular complexity index is 555. The van der Waals surface area contributed by atoms with Crippen molar-refractivity contribution in [1.82, 2.24) is 9.88 Å². The first-order chi connectivity index (χ1) is 8.45. The summed E-state index contributed by atoms with van der Waals surface area (Å²) in [4.78, 5) is 0. The van der Waals surface area contributed by atoms with Gasteiger partial charge in [0.25, 0.3) is 0 Å². The third-order valence-electron chi connectivity index (χ3n) is 3.03. The molecule has 98 valence electrons. The van der Waals surface area contributed by atoms with Gasteiger partial charge in [0.05, 0.1) is 11.1 Å². The van der Waals surface area contributed by atoms with Gasteiger partial charge < -0.3 is 9.88 Å². The normalized spacial score (nSPS) is 12.3. The lowest BCUT2D eigenvalue weighted by Gasteiger charge is -2.09. The molecule has 0 atom stereocenters. The molecule has 18 heavy (non-hydrogen) atoms. The second kappa shape index (κ2) is 4.65. The van der Waals surface area contributed by atoms with E-state index in [1.165, 1.54) is 6.07 Å². The molecule has 0 bridgehead atoms. The lowest BCUT2D eigenvalue weighted by molar-refractivity contribution is -0.136. The van der Waals surface area contributed by atoms with E-state index in [4.69, 9.17) is 0 Å². The van der Waals surface area contributed by atoms with Gasteiger partial charge in [0.2, 0.25) is 0 Å². The van der Waals surface area contributed by atoms with Crippen LogP contribution in [0.2, 0.25) is 0 Å². The van der Waals surface area contributed by atoms with Crippen molar-refractivity contribution < 1.29 is 13.2 Å². The highest BCUT2D eigenvalue weighted by molar-refractivity contribution is 5.87. The topological polar surface area (TPSA) is 17.0 Å². The first-order valence-corrected chi connectivity index (χ1v) is 5.74. The number of hydrogen-bond acceptors (Lipinski definition) is 1. The Balaban J connectivity index is 2.61. The number of rotatable bonds is 3. The highest BCUT2D eigenvalue weighted by Crippen LogP contribution is 2.36. The molecule has 2 aromatic rings. The lowest BCUT2D eigenvalue weighted by atomic mass is 10.1. The molecule has 2 rings (SSSR count). The number of aryl methyl sites for hydroxylation is 1. The van der Waals surface area contributed by atoms with Crippen LogP contribution >= 0.6 is 0 Å². The third-order valence-corrected chi connectivity index (χ3v) is 3.03. The Morgan fingerprint density at radius 2 is 2.00 bits per heavy atom. The van der Waals surface area contributed by atoms with Gasteiger partial charge in [0.1, 0.15) is 0 Å². The van der Waals surface area contributed by atoms with Crippen LogP contribution in [0, 0.1) is 0 Å². The number of hydrogen-bond donors (Lipinski definition) is 1. The van der Waals surface area contributed by atoms with Crippen LogP contribution in [-0.2, 0) is 19.6 Å². The summed E-state index contributed by atoms with van der Waals surface area (Å²) in [5.41, 5.74) is 0.627. The molecular formula is C13H15F3N2. The van der Waals surface area contributed by atoms with Crippen LogP contribution in [0.3, 0.4) is 0 Å². The predicted molar refractivity (Wildman–Crippen MR) is 65.6 cm³/mol. The minimum Gasteiger partial charge on any atom is -0.350 e. The standard InChI is InChI=1S/C13H15F3N2/c1-17-7-6-9-8-18(2)12-10(9)4-3-5-11(12)13(14,15)16/h3-5,8,17H,6-7H2,1-2H3. The number of halogens is 3. The van der Waals surface area contributed by atoms with E-state index < -0.39 is 11.7 Å². The molecule has 0 aliphatic rings. The Kier molecular flexibility index (Phi) is 3.34. The van der Waals surface area contributed by atoms with Crippen LogP contribution in [0.5, 0.6) is 0 Å². The summed E-state index contributed by atoms with van der Waals surface area (Å²) in [6.07, 6.45) is -1.82. The quantitative estimate of drug-likeness (QED) is 0.893. The number of para-hydroxylation sites is 1. The van der Waals surface area contributed by atoms with E-state index in [0.29, 0.717) is 5.39 Å². The number of alkyl halides is 3. The number of nitrogens with zero attached hydrogens (tertiary/aromatic N) is 1. The van der Waals surface area contributed by atoms with Crippen molar-refractivity contribution in [2.75, 3.05) is 13.6 Å². The van der Waals surface area contributed by atoms with Crippen LogP contribution in [0.1, 0.15) is 11.1 Å². The van der Waals surface area contributed by atoms with Gasteiger partial charge in [-0.3, -0.25) is 0 Å². The average Bonchev–Trinajstić information content (AvgIpc) is 2.63. The van der Waals surface area contributed by atoms with Crippen LogP contribution in [-0.4, -0.2) is 18.2 Å². The van der Waals surface area contributed by atoms with Gasteiger partial charge in [0, 0.05) is 18.6 Å². The van der Waals surface area contributed by atoms with E-state index in [1.54, 1.807) is 23.9 Å². The average molecular weight is 256 g/mol. The van der Waals surface area contributed by atoms with Crippen molar-refractivity contribution in [2.45, 2.75) is 12.6 Å². The zero-order valence-electron chi connectivity index (χ0n) is 10.3. The Morgan fingerprint density at radius 3 is 2.61 bits per heavy atom. The van der Waals surface area contributed by atoms with E-state index in [0.717, 1.165) is 24.6 Å². The second-order valence-electron chi connectivity index (χ2n) is 4.32. The lowest BCUT2D eigenvalue weighted by Crippen LogP contribution is -2.10. The summed E-state index contributed by atoms with van der Waals surface area (Å²) >= 11 is 0. The second-order valence-corrected chi connectivity index (χ2v) is 4.32. The molecule has 0 fully saturated rings. The van der Waals surface area contributed by atoms with Gasteiger partial charge >= 0.3 is 6.18 Å².